The SMILES string of the molecule is CCC(Oc1ccccc1C(C)CC)C(=O)Nc1sc2c(c1C(=O)OC)CCC(C(C)(C)C)C2. The highest BCUT2D eigenvalue weighted by Crippen LogP contribution is 2.44. The molecular formula is C28H39NO4S. The maximum atomic E-state index is 13.3. The number of fused-ring (bicyclic) bond motifs is 1. The second-order valence-corrected chi connectivity index (χ2v) is 11.5. The Bertz CT molecular complexity index is 1020. The number of benzene rings is 1. The minimum atomic E-state index is -0.655. The lowest BCUT2D eigenvalue weighted by molar-refractivity contribution is -0.122. The number of anilines is 1. The Balaban J connectivity index is 1.86. The van der Waals surface area contributed by atoms with Crippen molar-refractivity contribution in [3.63, 3.8) is 0 Å². The molecule has 0 spiro atoms. The van der Waals surface area contributed by atoms with Crippen molar-refractivity contribution in [2.24, 2.45) is 11.3 Å². The molecule has 1 N–H and O–H groups in total. The van der Waals surface area contributed by atoms with Gasteiger partial charge in [-0.15, -0.1) is 11.3 Å². The lowest BCUT2D eigenvalue weighted by atomic mass is 9.72. The molecule has 0 aliphatic heterocycles. The number of methoxy groups -OCH3 is 1. The van der Waals surface area contributed by atoms with Crippen LogP contribution in [-0.2, 0) is 22.4 Å². The molecule has 3 rings (SSSR count). The van der Waals surface area contributed by atoms with E-state index in [1.807, 2.05) is 25.1 Å². The van der Waals surface area contributed by atoms with Gasteiger partial charge in [0.2, 0.25) is 0 Å². The molecule has 34 heavy (non-hydrogen) atoms. The molecule has 0 bridgehead atoms. The molecule has 0 saturated heterocycles. The fourth-order valence-electron chi connectivity index (χ4n) is 4.61. The highest BCUT2D eigenvalue weighted by atomic mass is 32.1. The van der Waals surface area contributed by atoms with Crippen LogP contribution in [0, 0.1) is 11.3 Å². The molecule has 0 fully saturated rings. The molecule has 0 saturated carbocycles. The fourth-order valence-corrected chi connectivity index (χ4v) is 5.93. The van der Waals surface area contributed by atoms with Gasteiger partial charge in [-0.25, -0.2) is 4.79 Å². The zero-order valence-corrected chi connectivity index (χ0v) is 22.4. The number of esters is 1. The molecule has 1 amide bonds. The summed E-state index contributed by atoms with van der Waals surface area (Å²) in [7, 11) is 1.39. The first-order valence-electron chi connectivity index (χ1n) is 12.4. The third-order valence-corrected chi connectivity index (χ3v) is 8.28. The van der Waals surface area contributed by atoms with Gasteiger partial charge in [-0.2, -0.15) is 0 Å². The largest absolute Gasteiger partial charge is 0.480 e. The number of nitrogens with one attached hydrogen (secondary N) is 1. The number of hydrogen-bond donors (Lipinski definition) is 1. The minimum Gasteiger partial charge on any atom is -0.480 e. The van der Waals surface area contributed by atoms with Gasteiger partial charge < -0.3 is 14.8 Å². The Morgan fingerprint density at radius 1 is 1.18 bits per heavy atom. The van der Waals surface area contributed by atoms with Gasteiger partial charge >= 0.3 is 5.97 Å². The van der Waals surface area contributed by atoms with E-state index in [1.54, 1.807) is 0 Å². The average molecular weight is 486 g/mol. The van der Waals surface area contributed by atoms with Crippen molar-refractivity contribution in [2.75, 3.05) is 12.4 Å². The Hall–Kier alpha value is -2.34. The van der Waals surface area contributed by atoms with Crippen LogP contribution in [0.3, 0.4) is 0 Å². The first kappa shape index (κ1) is 26.3. The zero-order valence-electron chi connectivity index (χ0n) is 21.6. The van der Waals surface area contributed by atoms with Crippen LogP contribution in [0.15, 0.2) is 24.3 Å². The fraction of sp³-hybridized carbons (Fsp3) is 0.571. The van der Waals surface area contributed by atoms with E-state index in [1.165, 1.54) is 23.3 Å². The monoisotopic (exact) mass is 485 g/mol. The summed E-state index contributed by atoms with van der Waals surface area (Å²) in [5.41, 5.74) is 2.84. The highest BCUT2D eigenvalue weighted by Gasteiger charge is 2.35. The second kappa shape index (κ2) is 10.9. The van der Waals surface area contributed by atoms with Crippen molar-refractivity contribution < 1.29 is 19.1 Å². The Kier molecular flexibility index (Phi) is 8.45. The van der Waals surface area contributed by atoms with E-state index in [4.69, 9.17) is 9.47 Å². The Labute approximate surface area is 208 Å². The molecule has 1 aliphatic carbocycles. The van der Waals surface area contributed by atoms with Crippen LogP contribution < -0.4 is 10.1 Å². The number of amides is 1. The van der Waals surface area contributed by atoms with E-state index in [2.05, 4.69) is 46.0 Å². The quantitative estimate of drug-likeness (QED) is 0.409. The lowest BCUT2D eigenvalue weighted by Gasteiger charge is -2.33. The van der Waals surface area contributed by atoms with E-state index in [0.29, 0.717) is 28.8 Å². The van der Waals surface area contributed by atoms with Gasteiger partial charge in [0, 0.05) is 4.88 Å². The Morgan fingerprint density at radius 3 is 2.50 bits per heavy atom. The third-order valence-electron chi connectivity index (χ3n) is 7.11. The molecule has 1 aromatic heterocycles. The normalized spacial score (nSPS) is 17.4. The summed E-state index contributed by atoms with van der Waals surface area (Å²) in [5, 5.41) is 3.60. The van der Waals surface area contributed by atoms with Crippen molar-refractivity contribution in [3.8, 4) is 5.75 Å². The zero-order chi connectivity index (χ0) is 25.0. The highest BCUT2D eigenvalue weighted by molar-refractivity contribution is 7.17. The smallest absolute Gasteiger partial charge is 0.341 e. The van der Waals surface area contributed by atoms with Crippen LogP contribution in [0.2, 0.25) is 0 Å². The number of ether oxygens (including phenoxy) is 2. The van der Waals surface area contributed by atoms with Crippen LogP contribution in [0.25, 0.3) is 0 Å². The van der Waals surface area contributed by atoms with Crippen LogP contribution in [0.1, 0.15) is 93.1 Å². The summed E-state index contributed by atoms with van der Waals surface area (Å²) in [6, 6.07) is 7.91. The van der Waals surface area contributed by atoms with Crippen LogP contribution in [-0.4, -0.2) is 25.1 Å². The van der Waals surface area contributed by atoms with E-state index in [0.717, 1.165) is 42.6 Å². The molecule has 1 aromatic carbocycles. The predicted molar refractivity (Wildman–Crippen MR) is 139 cm³/mol. The van der Waals surface area contributed by atoms with Gasteiger partial charge in [-0.3, -0.25) is 4.79 Å². The summed E-state index contributed by atoms with van der Waals surface area (Å²) in [6.45, 7) is 13.0. The summed E-state index contributed by atoms with van der Waals surface area (Å²) in [4.78, 5) is 27.2. The molecule has 6 heteroatoms. The maximum absolute atomic E-state index is 13.3. The minimum absolute atomic E-state index is 0.195. The van der Waals surface area contributed by atoms with E-state index in [-0.39, 0.29) is 11.3 Å². The van der Waals surface area contributed by atoms with Crippen molar-refractivity contribution in [3.05, 3.63) is 45.8 Å². The summed E-state index contributed by atoms with van der Waals surface area (Å²) >= 11 is 1.51. The number of hydrogen-bond acceptors (Lipinski definition) is 5. The number of para-hydroxylation sites is 1. The van der Waals surface area contributed by atoms with Crippen molar-refractivity contribution in [2.45, 2.75) is 85.7 Å². The molecule has 1 heterocycles. The first-order chi connectivity index (χ1) is 16.1. The van der Waals surface area contributed by atoms with Gasteiger partial charge in [0.1, 0.15) is 10.8 Å². The molecule has 3 atom stereocenters. The van der Waals surface area contributed by atoms with Gasteiger partial charge in [0.15, 0.2) is 6.10 Å². The van der Waals surface area contributed by atoms with Gasteiger partial charge in [0.25, 0.3) is 5.91 Å². The van der Waals surface area contributed by atoms with Gasteiger partial charge in [-0.1, -0.05) is 59.7 Å². The van der Waals surface area contributed by atoms with Crippen LogP contribution >= 0.6 is 11.3 Å². The topological polar surface area (TPSA) is 64.6 Å². The first-order valence-corrected chi connectivity index (χ1v) is 13.2. The molecule has 2 aromatic rings. The number of rotatable bonds is 8. The van der Waals surface area contributed by atoms with Crippen LogP contribution in [0.5, 0.6) is 5.75 Å². The van der Waals surface area contributed by atoms with Crippen LogP contribution in [0.4, 0.5) is 5.00 Å². The summed E-state index contributed by atoms with van der Waals surface area (Å²) < 4.78 is 11.3. The summed E-state index contributed by atoms with van der Waals surface area (Å²) in [6.07, 6.45) is 3.62. The lowest BCUT2D eigenvalue weighted by Crippen LogP contribution is -2.33. The predicted octanol–water partition coefficient (Wildman–Crippen LogP) is 7.00. The van der Waals surface area contributed by atoms with E-state index in [9.17, 15) is 9.59 Å². The van der Waals surface area contributed by atoms with Gasteiger partial charge in [0.05, 0.1) is 12.7 Å². The molecule has 3 unspecified atom stereocenters. The molecule has 186 valence electrons. The van der Waals surface area contributed by atoms with E-state index >= 15 is 0 Å². The third kappa shape index (κ3) is 5.65. The van der Waals surface area contributed by atoms with Crippen molar-refractivity contribution in [1.82, 2.24) is 0 Å². The molecule has 0 radical (unpaired) electrons. The molecule has 1 aliphatic rings. The second-order valence-electron chi connectivity index (χ2n) is 10.4. The standard InChI is InChI=1S/C28H39NO4S/c1-8-17(3)19-12-10-11-13-22(19)33-21(9-2)25(30)29-26-24(27(31)32-7)20-15-14-18(28(4,5)6)16-23(20)34-26/h10-13,17-18,21H,8-9,14-16H2,1-7H3,(H,29,30). The maximum Gasteiger partial charge on any atom is 0.341 e. The van der Waals surface area contributed by atoms with E-state index < -0.39 is 12.1 Å². The average Bonchev–Trinajstić information content (AvgIpc) is 3.18. The number of carbonyl (C=O) groups is 2. The van der Waals surface area contributed by atoms with Crippen molar-refractivity contribution >= 4 is 28.2 Å². The molecular weight excluding hydrogens is 446 g/mol. The number of thiophene rings is 1. The number of carbonyl (C=O) groups excluding carboxylic acids is 2. The Morgan fingerprint density at radius 2 is 1.88 bits per heavy atom. The molecule has 5 nitrogen and oxygen atoms in total. The summed E-state index contributed by atoms with van der Waals surface area (Å²) in [5.74, 6) is 0.986. The van der Waals surface area contributed by atoms with Crippen molar-refractivity contribution in [1.29, 1.82) is 0 Å². The van der Waals surface area contributed by atoms with Gasteiger partial charge in [-0.05, 0) is 66.5 Å².